The van der Waals surface area contributed by atoms with Crippen molar-refractivity contribution >= 4 is 23.0 Å². The van der Waals surface area contributed by atoms with E-state index in [1.807, 2.05) is 49.4 Å². The molecule has 1 aliphatic rings. The molecule has 0 amide bonds. The third-order valence-electron chi connectivity index (χ3n) is 4.96. The van der Waals surface area contributed by atoms with Crippen LogP contribution in [0.2, 0.25) is 0 Å². The van der Waals surface area contributed by atoms with Gasteiger partial charge in [0.15, 0.2) is 5.11 Å². The second-order valence-electron chi connectivity index (χ2n) is 6.93. The van der Waals surface area contributed by atoms with E-state index in [0.717, 1.165) is 29.8 Å². The predicted molar refractivity (Wildman–Crippen MR) is 115 cm³/mol. The van der Waals surface area contributed by atoms with Gasteiger partial charge in [-0.15, -0.1) is 0 Å². The zero-order valence-electron chi connectivity index (χ0n) is 15.9. The van der Waals surface area contributed by atoms with Gasteiger partial charge in [-0.25, -0.2) is 0 Å². The van der Waals surface area contributed by atoms with Crippen molar-refractivity contribution in [2.45, 2.75) is 51.6 Å². The molecule has 27 heavy (non-hydrogen) atoms. The topological polar surface area (TPSA) is 44.7 Å². The first kappa shape index (κ1) is 19.5. The zero-order valence-corrected chi connectivity index (χ0v) is 16.7. The van der Waals surface area contributed by atoms with Crippen molar-refractivity contribution in [3.05, 3.63) is 54.1 Å². The number of nitrogens with zero attached hydrogens (tertiary/aromatic N) is 1. The van der Waals surface area contributed by atoms with E-state index in [0.29, 0.717) is 24.3 Å². The summed E-state index contributed by atoms with van der Waals surface area (Å²) >= 11 is 5.77. The van der Waals surface area contributed by atoms with Crippen molar-refractivity contribution in [2.75, 3.05) is 11.5 Å². The van der Waals surface area contributed by atoms with Gasteiger partial charge in [-0.1, -0.05) is 37.5 Å². The summed E-state index contributed by atoms with van der Waals surface area (Å²) in [4.78, 5) is 2.05. The highest BCUT2D eigenvalue weighted by molar-refractivity contribution is 7.80. The summed E-state index contributed by atoms with van der Waals surface area (Å²) < 4.78 is 5.55. The largest absolute Gasteiger partial charge is 0.508 e. The number of thiocarbonyl (C=S) groups is 1. The molecule has 2 aromatic rings. The highest BCUT2D eigenvalue weighted by Gasteiger charge is 2.19. The Balaban J connectivity index is 1.81. The molecule has 0 radical (unpaired) electrons. The minimum Gasteiger partial charge on any atom is -0.508 e. The van der Waals surface area contributed by atoms with Crippen LogP contribution in [0.15, 0.2) is 48.5 Å². The lowest BCUT2D eigenvalue weighted by molar-refractivity contribution is 0.340. The van der Waals surface area contributed by atoms with E-state index in [2.05, 4.69) is 10.2 Å². The van der Waals surface area contributed by atoms with Crippen LogP contribution in [0.5, 0.6) is 11.5 Å². The van der Waals surface area contributed by atoms with E-state index >= 15 is 0 Å². The second-order valence-corrected chi connectivity index (χ2v) is 7.31. The van der Waals surface area contributed by atoms with Crippen LogP contribution < -0.4 is 15.0 Å². The Hall–Kier alpha value is -2.27. The molecular formula is C22H28N2O2S. The average molecular weight is 385 g/mol. The molecule has 0 aliphatic heterocycles. The molecule has 1 aliphatic carbocycles. The van der Waals surface area contributed by atoms with Crippen LogP contribution in [0, 0.1) is 0 Å². The number of phenolic OH excluding ortho intramolecular Hbond substituents is 1. The predicted octanol–water partition coefficient (Wildman–Crippen LogP) is 5.00. The molecule has 2 aromatic carbocycles. The minimum absolute atomic E-state index is 0.286. The van der Waals surface area contributed by atoms with Crippen LogP contribution >= 0.6 is 12.2 Å². The van der Waals surface area contributed by atoms with Gasteiger partial charge in [0, 0.05) is 17.3 Å². The lowest BCUT2D eigenvalue weighted by atomic mass is 9.96. The van der Waals surface area contributed by atoms with Crippen molar-refractivity contribution < 1.29 is 9.84 Å². The fraction of sp³-hybridized carbons (Fsp3) is 0.409. The standard InChI is InChI=1S/C22H28N2O2S/c1-2-26-20-14-12-19(13-15-20)24(16-17-8-6-7-11-21(17)25)22(27)23-18-9-4-3-5-10-18/h6-8,11-15,18,25H,2-5,9-10,16H2,1H3,(H,23,27). The third kappa shape index (κ3) is 5.36. The van der Waals surface area contributed by atoms with Crippen LogP contribution in [0.1, 0.15) is 44.6 Å². The monoisotopic (exact) mass is 384 g/mol. The molecular weight excluding hydrogens is 356 g/mol. The highest BCUT2D eigenvalue weighted by atomic mass is 32.1. The number of rotatable bonds is 6. The van der Waals surface area contributed by atoms with E-state index < -0.39 is 0 Å². The Morgan fingerprint density at radius 2 is 1.81 bits per heavy atom. The van der Waals surface area contributed by atoms with E-state index in [9.17, 15) is 5.11 Å². The highest BCUT2D eigenvalue weighted by Crippen LogP contribution is 2.25. The summed E-state index contributed by atoms with van der Waals surface area (Å²) in [6, 6.07) is 15.8. The molecule has 1 fully saturated rings. The number of hydrogen-bond acceptors (Lipinski definition) is 3. The second kappa shape index (κ2) is 9.60. The van der Waals surface area contributed by atoms with Crippen molar-refractivity contribution in [2.24, 2.45) is 0 Å². The van der Waals surface area contributed by atoms with Crippen LogP contribution in [0.3, 0.4) is 0 Å². The normalized spacial score (nSPS) is 14.6. The Bertz CT molecular complexity index is 742. The molecule has 0 bridgehead atoms. The number of nitrogens with one attached hydrogen (secondary N) is 1. The Kier molecular flexibility index (Phi) is 6.93. The third-order valence-corrected chi connectivity index (χ3v) is 5.30. The summed E-state index contributed by atoms with van der Waals surface area (Å²) in [5.41, 5.74) is 1.83. The fourth-order valence-electron chi connectivity index (χ4n) is 3.48. The molecule has 2 N–H and O–H groups in total. The van der Waals surface area contributed by atoms with Crippen molar-refractivity contribution in [3.8, 4) is 11.5 Å². The summed E-state index contributed by atoms with van der Waals surface area (Å²) in [6.07, 6.45) is 6.14. The van der Waals surface area contributed by atoms with Gasteiger partial charge in [0.05, 0.1) is 13.2 Å². The maximum absolute atomic E-state index is 10.2. The molecule has 1 saturated carbocycles. The summed E-state index contributed by atoms with van der Waals surface area (Å²) in [6.45, 7) is 3.13. The van der Waals surface area contributed by atoms with E-state index in [1.165, 1.54) is 19.3 Å². The molecule has 0 saturated heterocycles. The van der Waals surface area contributed by atoms with Gasteiger partial charge in [-0.3, -0.25) is 0 Å². The number of aromatic hydroxyl groups is 1. The summed E-state index contributed by atoms with van der Waals surface area (Å²) in [5.74, 6) is 1.13. The molecule has 0 atom stereocenters. The minimum atomic E-state index is 0.286. The SMILES string of the molecule is CCOc1ccc(N(Cc2ccccc2O)C(=S)NC2CCCCC2)cc1. The van der Waals surface area contributed by atoms with Gasteiger partial charge in [0.1, 0.15) is 11.5 Å². The fourth-order valence-corrected chi connectivity index (χ4v) is 3.82. The van der Waals surface area contributed by atoms with Gasteiger partial charge in [-0.05, 0) is 62.3 Å². The van der Waals surface area contributed by atoms with E-state index in [1.54, 1.807) is 6.07 Å². The van der Waals surface area contributed by atoms with E-state index in [-0.39, 0.29) is 5.75 Å². The maximum atomic E-state index is 10.2. The number of benzene rings is 2. The average Bonchev–Trinajstić information content (AvgIpc) is 2.69. The Labute approximate surface area is 167 Å². The number of phenols is 1. The first-order valence-electron chi connectivity index (χ1n) is 9.75. The van der Waals surface area contributed by atoms with Crippen molar-refractivity contribution in [1.82, 2.24) is 5.32 Å². The smallest absolute Gasteiger partial charge is 0.173 e. The van der Waals surface area contributed by atoms with Gasteiger partial charge >= 0.3 is 0 Å². The van der Waals surface area contributed by atoms with Crippen molar-refractivity contribution in [3.63, 3.8) is 0 Å². The molecule has 144 valence electrons. The number of ether oxygens (including phenoxy) is 1. The molecule has 0 unspecified atom stereocenters. The van der Waals surface area contributed by atoms with Crippen LogP contribution in [0.4, 0.5) is 5.69 Å². The maximum Gasteiger partial charge on any atom is 0.173 e. The number of hydrogen-bond donors (Lipinski definition) is 2. The zero-order chi connectivity index (χ0) is 19.1. The molecule has 0 spiro atoms. The quantitative estimate of drug-likeness (QED) is 0.686. The Morgan fingerprint density at radius 1 is 1.11 bits per heavy atom. The van der Waals surface area contributed by atoms with Crippen LogP contribution in [-0.4, -0.2) is 22.9 Å². The van der Waals surface area contributed by atoms with Crippen molar-refractivity contribution in [1.29, 1.82) is 0 Å². The molecule has 5 heteroatoms. The molecule has 3 rings (SSSR count). The molecule has 0 aromatic heterocycles. The van der Waals surface area contributed by atoms with Gasteiger partial charge < -0.3 is 20.1 Å². The number of anilines is 1. The lowest BCUT2D eigenvalue weighted by Crippen LogP contribution is -2.45. The molecule has 4 nitrogen and oxygen atoms in total. The van der Waals surface area contributed by atoms with Crippen LogP contribution in [-0.2, 0) is 6.54 Å². The van der Waals surface area contributed by atoms with Crippen LogP contribution in [0.25, 0.3) is 0 Å². The molecule has 0 heterocycles. The van der Waals surface area contributed by atoms with Gasteiger partial charge in [0.2, 0.25) is 0 Å². The summed E-state index contributed by atoms with van der Waals surface area (Å²) in [5, 5.41) is 14.5. The summed E-state index contributed by atoms with van der Waals surface area (Å²) in [7, 11) is 0. The first-order chi connectivity index (χ1) is 13.2. The lowest BCUT2D eigenvalue weighted by Gasteiger charge is -2.31. The first-order valence-corrected chi connectivity index (χ1v) is 10.2. The van der Waals surface area contributed by atoms with E-state index in [4.69, 9.17) is 17.0 Å². The number of para-hydroxylation sites is 1. The van der Waals surface area contributed by atoms with Gasteiger partial charge in [-0.2, -0.15) is 0 Å². The van der Waals surface area contributed by atoms with Gasteiger partial charge in [0.25, 0.3) is 0 Å². The Morgan fingerprint density at radius 3 is 2.48 bits per heavy atom.